The maximum Gasteiger partial charge on any atom is 0.308 e. The quantitative estimate of drug-likeness (QED) is 0.624. The number of nitrogens with zero attached hydrogens (tertiary/aromatic N) is 1. The first-order chi connectivity index (χ1) is 8.86. The SMILES string of the molecule is CC(CO)CNC(=O)c1cc(F)cc([N+](=O)[O-])c1F. The van der Waals surface area contributed by atoms with Crippen LogP contribution in [0.2, 0.25) is 0 Å². The van der Waals surface area contributed by atoms with E-state index in [1.807, 2.05) is 0 Å². The Bertz CT molecular complexity index is 508. The topological polar surface area (TPSA) is 92.5 Å². The van der Waals surface area contributed by atoms with E-state index in [0.29, 0.717) is 12.1 Å². The molecule has 0 aliphatic rings. The van der Waals surface area contributed by atoms with Crippen molar-refractivity contribution in [1.29, 1.82) is 0 Å². The van der Waals surface area contributed by atoms with Gasteiger partial charge in [-0.3, -0.25) is 14.9 Å². The normalized spacial score (nSPS) is 12.0. The third-order valence-electron chi connectivity index (χ3n) is 2.38. The summed E-state index contributed by atoms with van der Waals surface area (Å²) in [4.78, 5) is 21.0. The minimum atomic E-state index is -1.39. The zero-order valence-corrected chi connectivity index (χ0v) is 10.0. The number of carbonyl (C=O) groups is 1. The summed E-state index contributed by atoms with van der Waals surface area (Å²) >= 11 is 0. The number of nitrogens with one attached hydrogen (secondary N) is 1. The van der Waals surface area contributed by atoms with Crippen LogP contribution in [0.15, 0.2) is 12.1 Å². The number of aliphatic hydroxyl groups excluding tert-OH is 1. The van der Waals surface area contributed by atoms with Crippen LogP contribution in [0.4, 0.5) is 14.5 Å². The van der Waals surface area contributed by atoms with Gasteiger partial charge >= 0.3 is 5.69 Å². The van der Waals surface area contributed by atoms with Gasteiger partial charge in [0.1, 0.15) is 5.82 Å². The van der Waals surface area contributed by atoms with E-state index in [9.17, 15) is 23.7 Å². The minimum absolute atomic E-state index is 0.0408. The molecule has 1 aromatic rings. The molecular formula is C11H12F2N2O4. The van der Waals surface area contributed by atoms with Crippen LogP contribution >= 0.6 is 0 Å². The van der Waals surface area contributed by atoms with Gasteiger partial charge in [-0.05, 0) is 12.0 Å². The first kappa shape index (κ1) is 15.0. The number of hydrogen-bond acceptors (Lipinski definition) is 4. The summed E-state index contributed by atoms with van der Waals surface area (Å²) in [5.41, 5.74) is -1.84. The van der Waals surface area contributed by atoms with Gasteiger partial charge in [0.05, 0.1) is 16.6 Å². The van der Waals surface area contributed by atoms with Gasteiger partial charge in [-0.25, -0.2) is 4.39 Å². The number of rotatable bonds is 5. The van der Waals surface area contributed by atoms with Gasteiger partial charge in [0.2, 0.25) is 5.82 Å². The van der Waals surface area contributed by atoms with Crippen LogP contribution in [-0.4, -0.2) is 29.1 Å². The highest BCUT2D eigenvalue weighted by atomic mass is 19.1. The lowest BCUT2D eigenvalue weighted by Crippen LogP contribution is -2.30. The van der Waals surface area contributed by atoms with Gasteiger partial charge in [0.15, 0.2) is 0 Å². The Morgan fingerprint density at radius 3 is 2.68 bits per heavy atom. The Labute approximate surface area is 107 Å². The van der Waals surface area contributed by atoms with E-state index < -0.39 is 33.7 Å². The van der Waals surface area contributed by atoms with Crippen molar-refractivity contribution in [3.05, 3.63) is 39.4 Å². The summed E-state index contributed by atoms with van der Waals surface area (Å²) in [6.45, 7) is 1.48. The molecule has 0 fully saturated rings. The van der Waals surface area contributed by atoms with E-state index >= 15 is 0 Å². The monoisotopic (exact) mass is 274 g/mol. The maximum atomic E-state index is 13.6. The van der Waals surface area contributed by atoms with Crippen molar-refractivity contribution >= 4 is 11.6 Å². The fourth-order valence-corrected chi connectivity index (χ4v) is 1.30. The van der Waals surface area contributed by atoms with Crippen molar-refractivity contribution in [2.24, 2.45) is 5.92 Å². The number of carbonyl (C=O) groups excluding carboxylic acids is 1. The summed E-state index contributed by atoms with van der Waals surface area (Å²) in [6, 6.07) is 0.990. The Balaban J connectivity index is 3.00. The summed E-state index contributed by atoms with van der Waals surface area (Å²) in [7, 11) is 0. The van der Waals surface area contributed by atoms with Gasteiger partial charge in [-0.15, -0.1) is 0 Å². The van der Waals surface area contributed by atoms with E-state index in [4.69, 9.17) is 5.11 Å². The number of nitro benzene ring substituents is 1. The molecular weight excluding hydrogens is 262 g/mol. The first-order valence-electron chi connectivity index (χ1n) is 5.39. The first-order valence-corrected chi connectivity index (χ1v) is 5.39. The molecule has 1 amide bonds. The average molecular weight is 274 g/mol. The molecule has 0 aromatic heterocycles. The lowest BCUT2D eigenvalue weighted by Gasteiger charge is -2.10. The molecule has 0 heterocycles. The minimum Gasteiger partial charge on any atom is -0.396 e. The Morgan fingerprint density at radius 2 is 2.16 bits per heavy atom. The Hall–Kier alpha value is -2.09. The molecule has 0 aliphatic heterocycles. The number of aliphatic hydroxyl groups is 1. The van der Waals surface area contributed by atoms with Crippen molar-refractivity contribution in [2.75, 3.05) is 13.2 Å². The Kier molecular flexibility index (Phi) is 4.87. The van der Waals surface area contributed by atoms with Crippen LogP contribution in [0.5, 0.6) is 0 Å². The molecule has 104 valence electrons. The molecule has 1 aromatic carbocycles. The van der Waals surface area contributed by atoms with Crippen molar-refractivity contribution in [3.8, 4) is 0 Å². The lowest BCUT2D eigenvalue weighted by atomic mass is 10.1. The molecule has 6 nitrogen and oxygen atoms in total. The van der Waals surface area contributed by atoms with E-state index in [-0.39, 0.29) is 19.1 Å². The molecule has 1 rings (SSSR count). The second-order valence-electron chi connectivity index (χ2n) is 4.04. The molecule has 0 spiro atoms. The van der Waals surface area contributed by atoms with Crippen LogP contribution in [0.1, 0.15) is 17.3 Å². The third kappa shape index (κ3) is 3.68. The molecule has 0 aliphatic carbocycles. The van der Waals surface area contributed by atoms with Crippen molar-refractivity contribution in [1.82, 2.24) is 5.32 Å². The number of halogens is 2. The molecule has 0 radical (unpaired) electrons. The second kappa shape index (κ2) is 6.19. The van der Waals surface area contributed by atoms with Gasteiger partial charge < -0.3 is 10.4 Å². The van der Waals surface area contributed by atoms with Gasteiger partial charge in [0.25, 0.3) is 5.91 Å². The maximum absolute atomic E-state index is 13.6. The standard InChI is InChI=1S/C11H12F2N2O4/c1-6(5-16)4-14-11(17)8-2-7(12)3-9(10(8)13)15(18)19/h2-3,6,16H,4-5H2,1H3,(H,14,17). The molecule has 0 saturated carbocycles. The number of benzene rings is 1. The van der Waals surface area contributed by atoms with E-state index in [1.54, 1.807) is 6.92 Å². The van der Waals surface area contributed by atoms with Crippen LogP contribution in [0, 0.1) is 27.7 Å². The van der Waals surface area contributed by atoms with Crippen LogP contribution < -0.4 is 5.32 Å². The van der Waals surface area contributed by atoms with Crippen LogP contribution in [-0.2, 0) is 0 Å². The van der Waals surface area contributed by atoms with Crippen LogP contribution in [0.3, 0.4) is 0 Å². The van der Waals surface area contributed by atoms with E-state index in [1.165, 1.54) is 0 Å². The van der Waals surface area contributed by atoms with Crippen molar-refractivity contribution < 1.29 is 23.6 Å². The summed E-state index contributed by atoms with van der Waals surface area (Å²) in [6.07, 6.45) is 0. The summed E-state index contributed by atoms with van der Waals surface area (Å²) in [5, 5.41) is 21.5. The largest absolute Gasteiger partial charge is 0.396 e. The van der Waals surface area contributed by atoms with Gasteiger partial charge in [0, 0.05) is 13.2 Å². The molecule has 0 bridgehead atoms. The van der Waals surface area contributed by atoms with Crippen LogP contribution in [0.25, 0.3) is 0 Å². The van der Waals surface area contributed by atoms with Crippen molar-refractivity contribution in [3.63, 3.8) is 0 Å². The number of nitro groups is 1. The summed E-state index contributed by atoms with van der Waals surface area (Å²) in [5.74, 6) is -3.70. The predicted octanol–water partition coefficient (Wildman–Crippen LogP) is 1.23. The lowest BCUT2D eigenvalue weighted by molar-refractivity contribution is -0.387. The highest BCUT2D eigenvalue weighted by Gasteiger charge is 2.24. The zero-order valence-electron chi connectivity index (χ0n) is 10.0. The van der Waals surface area contributed by atoms with Crippen molar-refractivity contribution in [2.45, 2.75) is 6.92 Å². The molecule has 2 N–H and O–H groups in total. The van der Waals surface area contributed by atoms with Gasteiger partial charge in [-0.2, -0.15) is 4.39 Å². The van der Waals surface area contributed by atoms with E-state index in [2.05, 4.69) is 5.32 Å². The Morgan fingerprint density at radius 1 is 1.53 bits per heavy atom. The third-order valence-corrected chi connectivity index (χ3v) is 2.38. The number of amides is 1. The summed E-state index contributed by atoms with van der Waals surface area (Å²) < 4.78 is 26.7. The average Bonchev–Trinajstić information content (AvgIpc) is 2.37. The smallest absolute Gasteiger partial charge is 0.308 e. The van der Waals surface area contributed by atoms with E-state index in [0.717, 1.165) is 0 Å². The predicted molar refractivity (Wildman–Crippen MR) is 61.6 cm³/mol. The fraction of sp³-hybridized carbons (Fsp3) is 0.364. The highest BCUT2D eigenvalue weighted by Crippen LogP contribution is 2.22. The zero-order chi connectivity index (χ0) is 14.6. The molecule has 1 atom stereocenters. The molecule has 19 heavy (non-hydrogen) atoms. The fourth-order valence-electron chi connectivity index (χ4n) is 1.30. The van der Waals surface area contributed by atoms with Gasteiger partial charge in [-0.1, -0.05) is 6.92 Å². The highest BCUT2D eigenvalue weighted by molar-refractivity contribution is 5.95. The second-order valence-corrected chi connectivity index (χ2v) is 4.04. The molecule has 1 unspecified atom stereocenters. The number of hydrogen-bond donors (Lipinski definition) is 2. The molecule has 8 heteroatoms. The molecule has 0 saturated heterocycles.